The van der Waals surface area contributed by atoms with Crippen molar-refractivity contribution in [2.24, 2.45) is 0 Å². The fraction of sp³-hybridized carbons (Fsp3) is 0.667. The average molecular weight is 288 g/mol. The zero-order chi connectivity index (χ0) is 13.4. The molecule has 1 amide bonds. The van der Waals surface area contributed by atoms with Crippen LogP contribution in [0.3, 0.4) is 0 Å². The molecule has 2 N–H and O–H groups in total. The zero-order valence-electron chi connectivity index (χ0n) is 10.8. The van der Waals surface area contributed by atoms with Gasteiger partial charge >= 0.3 is 0 Å². The summed E-state index contributed by atoms with van der Waals surface area (Å²) < 4.78 is 0. The van der Waals surface area contributed by atoms with Gasteiger partial charge in [-0.2, -0.15) is 0 Å². The van der Waals surface area contributed by atoms with E-state index in [1.807, 2.05) is 12.3 Å². The Morgan fingerprint density at radius 2 is 2.44 bits per heavy atom. The molecule has 1 unspecified atom stereocenters. The van der Waals surface area contributed by atoms with Gasteiger partial charge in [0.05, 0.1) is 22.6 Å². The van der Waals surface area contributed by atoms with Gasteiger partial charge in [-0.05, 0) is 26.7 Å². The number of hydrogen-bond donors (Lipinski definition) is 2. The molecule has 4 nitrogen and oxygen atoms in total. The van der Waals surface area contributed by atoms with Crippen molar-refractivity contribution in [1.82, 2.24) is 10.3 Å². The molecule has 18 heavy (non-hydrogen) atoms. The number of hydrogen-bond acceptors (Lipinski definition) is 5. The molecule has 0 bridgehead atoms. The second kappa shape index (κ2) is 8.50. The van der Waals surface area contributed by atoms with E-state index in [9.17, 15) is 4.79 Å². The molecule has 1 heterocycles. The second-order valence-corrected chi connectivity index (χ2v) is 6.24. The zero-order valence-corrected chi connectivity index (χ0v) is 12.4. The Hall–Kier alpha value is -0.590. The first-order chi connectivity index (χ1) is 8.58. The average Bonchev–Trinajstić information content (AvgIpc) is 2.70. The van der Waals surface area contributed by atoms with E-state index >= 15 is 0 Å². The van der Waals surface area contributed by atoms with Crippen molar-refractivity contribution in [2.75, 3.05) is 12.3 Å². The third-order valence-electron chi connectivity index (χ3n) is 2.27. The summed E-state index contributed by atoms with van der Waals surface area (Å²) in [5.74, 6) is 1.30. The first-order valence-electron chi connectivity index (χ1n) is 6.01. The van der Waals surface area contributed by atoms with Gasteiger partial charge in [-0.3, -0.25) is 4.79 Å². The highest BCUT2D eigenvalue weighted by Crippen LogP contribution is 2.14. The van der Waals surface area contributed by atoms with Gasteiger partial charge in [-0.15, -0.1) is 23.1 Å². The van der Waals surface area contributed by atoms with E-state index in [-0.39, 0.29) is 12.0 Å². The van der Waals surface area contributed by atoms with Crippen molar-refractivity contribution in [3.8, 4) is 0 Å². The predicted octanol–water partition coefficient (Wildman–Crippen LogP) is 1.96. The number of nitrogens with zero attached hydrogens (tertiary/aromatic N) is 1. The van der Waals surface area contributed by atoms with Crippen molar-refractivity contribution in [3.63, 3.8) is 0 Å². The molecular formula is C12H20N2O2S2. The fourth-order valence-corrected chi connectivity index (χ4v) is 2.86. The van der Waals surface area contributed by atoms with Gasteiger partial charge in [0.2, 0.25) is 5.91 Å². The molecule has 0 radical (unpaired) electrons. The Morgan fingerprint density at radius 1 is 1.67 bits per heavy atom. The molecule has 0 saturated carbocycles. The number of thioether (sulfide) groups is 1. The largest absolute Gasteiger partial charge is 0.393 e. The highest BCUT2D eigenvalue weighted by Gasteiger charge is 2.03. The molecule has 1 rings (SSSR count). The van der Waals surface area contributed by atoms with Crippen molar-refractivity contribution in [2.45, 2.75) is 38.5 Å². The first-order valence-corrected chi connectivity index (χ1v) is 8.05. The summed E-state index contributed by atoms with van der Waals surface area (Å²) in [6, 6.07) is 0. The van der Waals surface area contributed by atoms with Crippen LogP contribution in [0.1, 0.15) is 30.5 Å². The molecule has 1 aromatic rings. The van der Waals surface area contributed by atoms with Crippen molar-refractivity contribution >= 4 is 29.0 Å². The van der Waals surface area contributed by atoms with E-state index in [4.69, 9.17) is 5.11 Å². The lowest BCUT2D eigenvalue weighted by Crippen LogP contribution is -2.26. The lowest BCUT2D eigenvalue weighted by Gasteiger charge is -2.06. The molecule has 1 atom stereocenters. The number of carbonyl (C=O) groups excluding carboxylic acids is 1. The topological polar surface area (TPSA) is 62.2 Å². The number of aryl methyl sites for hydroxylation is 1. The summed E-state index contributed by atoms with van der Waals surface area (Å²) in [6.45, 7) is 4.38. The van der Waals surface area contributed by atoms with Crippen molar-refractivity contribution < 1.29 is 9.90 Å². The summed E-state index contributed by atoms with van der Waals surface area (Å²) in [7, 11) is 0. The summed E-state index contributed by atoms with van der Waals surface area (Å²) in [5.41, 5.74) is 1.05. The molecule has 102 valence electrons. The summed E-state index contributed by atoms with van der Waals surface area (Å²) in [4.78, 5) is 15.8. The van der Waals surface area contributed by atoms with Crippen LogP contribution in [0.5, 0.6) is 0 Å². The summed E-state index contributed by atoms with van der Waals surface area (Å²) in [5, 5.41) is 15.0. The van der Waals surface area contributed by atoms with E-state index in [0.717, 1.165) is 29.3 Å². The van der Waals surface area contributed by atoms with Gasteiger partial charge in [0.1, 0.15) is 0 Å². The highest BCUT2D eigenvalue weighted by atomic mass is 32.2. The van der Waals surface area contributed by atoms with Gasteiger partial charge in [-0.1, -0.05) is 0 Å². The molecule has 0 aliphatic carbocycles. The minimum absolute atomic E-state index is 0.0533. The molecule has 6 heteroatoms. The summed E-state index contributed by atoms with van der Waals surface area (Å²) >= 11 is 3.21. The van der Waals surface area contributed by atoms with Crippen LogP contribution in [-0.2, 0) is 10.5 Å². The molecule has 0 fully saturated rings. The normalized spacial score (nSPS) is 12.4. The van der Waals surface area contributed by atoms with Gasteiger partial charge in [0.15, 0.2) is 0 Å². The Kier molecular flexibility index (Phi) is 7.31. The Labute approximate surface area is 116 Å². The van der Waals surface area contributed by atoms with Gasteiger partial charge in [-0.25, -0.2) is 4.98 Å². The number of thiazole rings is 1. The number of aliphatic hydroxyl groups is 1. The standard InChI is InChI=1S/C12H20N2O2S2/c1-9(15)4-3-5-13-12(16)8-17-6-11-7-18-10(2)14-11/h7,9,15H,3-6,8H2,1-2H3,(H,13,16). The SMILES string of the molecule is Cc1nc(CSCC(=O)NCCCC(C)O)cs1. The second-order valence-electron chi connectivity index (χ2n) is 4.19. The third-order valence-corrected chi connectivity index (χ3v) is 4.06. The lowest BCUT2D eigenvalue weighted by atomic mass is 10.2. The maximum atomic E-state index is 11.5. The molecule has 1 aromatic heterocycles. The Bertz CT molecular complexity index is 367. The molecule has 0 spiro atoms. The van der Waals surface area contributed by atoms with E-state index in [2.05, 4.69) is 10.3 Å². The predicted molar refractivity (Wildman–Crippen MR) is 76.9 cm³/mol. The van der Waals surface area contributed by atoms with E-state index in [1.54, 1.807) is 30.0 Å². The first kappa shape index (κ1) is 15.5. The minimum Gasteiger partial charge on any atom is -0.393 e. The number of aromatic nitrogens is 1. The van der Waals surface area contributed by atoms with Crippen LogP contribution in [-0.4, -0.2) is 34.4 Å². The fourth-order valence-electron chi connectivity index (χ4n) is 1.40. The molecule has 0 aromatic carbocycles. The van der Waals surface area contributed by atoms with E-state index < -0.39 is 0 Å². The van der Waals surface area contributed by atoms with Crippen LogP contribution in [0.2, 0.25) is 0 Å². The van der Waals surface area contributed by atoms with Crippen molar-refractivity contribution in [3.05, 3.63) is 16.1 Å². The molecule has 0 saturated heterocycles. The van der Waals surface area contributed by atoms with Crippen LogP contribution in [0.15, 0.2) is 5.38 Å². The third kappa shape index (κ3) is 6.98. The monoisotopic (exact) mass is 288 g/mol. The lowest BCUT2D eigenvalue weighted by molar-refractivity contribution is -0.118. The minimum atomic E-state index is -0.288. The van der Waals surface area contributed by atoms with Crippen LogP contribution < -0.4 is 5.32 Å². The van der Waals surface area contributed by atoms with Crippen LogP contribution in [0.4, 0.5) is 0 Å². The molecule has 0 aliphatic rings. The Morgan fingerprint density at radius 3 is 3.06 bits per heavy atom. The molecule has 0 aliphatic heterocycles. The number of carbonyl (C=O) groups is 1. The maximum absolute atomic E-state index is 11.5. The maximum Gasteiger partial charge on any atom is 0.230 e. The number of amides is 1. The van der Waals surface area contributed by atoms with Gasteiger partial charge in [0, 0.05) is 17.7 Å². The van der Waals surface area contributed by atoms with Gasteiger partial charge in [0.25, 0.3) is 0 Å². The number of aliphatic hydroxyl groups excluding tert-OH is 1. The van der Waals surface area contributed by atoms with E-state index in [1.165, 1.54) is 0 Å². The van der Waals surface area contributed by atoms with E-state index in [0.29, 0.717) is 12.3 Å². The number of nitrogens with one attached hydrogen (secondary N) is 1. The van der Waals surface area contributed by atoms with Crippen molar-refractivity contribution in [1.29, 1.82) is 0 Å². The molecular weight excluding hydrogens is 268 g/mol. The van der Waals surface area contributed by atoms with Crippen LogP contribution in [0, 0.1) is 6.92 Å². The van der Waals surface area contributed by atoms with Gasteiger partial charge < -0.3 is 10.4 Å². The smallest absolute Gasteiger partial charge is 0.230 e. The Balaban J connectivity index is 2.03. The summed E-state index contributed by atoms with van der Waals surface area (Å²) in [6.07, 6.45) is 1.26. The number of rotatable bonds is 8. The highest BCUT2D eigenvalue weighted by molar-refractivity contribution is 7.99. The van der Waals surface area contributed by atoms with Crippen LogP contribution >= 0.6 is 23.1 Å². The van der Waals surface area contributed by atoms with Crippen LogP contribution in [0.25, 0.3) is 0 Å². The quantitative estimate of drug-likeness (QED) is 0.718.